The normalized spacial score (nSPS) is 13.9. The Labute approximate surface area is 103 Å². The number of hydrogen-bond donors (Lipinski definition) is 1. The van der Waals surface area contributed by atoms with Crippen molar-refractivity contribution in [1.82, 2.24) is 4.31 Å². The molecule has 0 saturated heterocycles. The minimum atomic E-state index is -3.38. The average molecular weight is 256 g/mol. The number of benzene rings is 1. The molecule has 1 aromatic carbocycles. The number of sulfonamides is 1. The molecule has 1 atom stereocenters. The summed E-state index contributed by atoms with van der Waals surface area (Å²) in [4.78, 5) is 0.316. The predicted molar refractivity (Wildman–Crippen MR) is 69.2 cm³/mol. The summed E-state index contributed by atoms with van der Waals surface area (Å²) in [5.41, 5.74) is 6.59. The fourth-order valence-electron chi connectivity index (χ4n) is 1.67. The summed E-state index contributed by atoms with van der Waals surface area (Å²) in [7, 11) is -3.38. The van der Waals surface area contributed by atoms with E-state index in [-0.39, 0.29) is 6.04 Å². The zero-order valence-corrected chi connectivity index (χ0v) is 11.4. The first-order valence-corrected chi connectivity index (χ1v) is 7.23. The van der Waals surface area contributed by atoms with E-state index in [0.29, 0.717) is 18.0 Å². The third kappa shape index (κ3) is 3.06. The lowest BCUT2D eigenvalue weighted by Gasteiger charge is -2.19. The van der Waals surface area contributed by atoms with Crippen molar-refractivity contribution in [1.29, 1.82) is 0 Å². The van der Waals surface area contributed by atoms with Crippen LogP contribution in [0.25, 0.3) is 0 Å². The maximum Gasteiger partial charge on any atom is 0.243 e. The number of nitrogens with zero attached hydrogens (tertiary/aromatic N) is 1. The van der Waals surface area contributed by atoms with Crippen LogP contribution < -0.4 is 5.73 Å². The second-order valence-electron chi connectivity index (χ2n) is 3.95. The van der Waals surface area contributed by atoms with E-state index < -0.39 is 10.0 Å². The van der Waals surface area contributed by atoms with Gasteiger partial charge in [0.2, 0.25) is 10.0 Å². The molecule has 0 aliphatic carbocycles. The molecule has 96 valence electrons. The van der Waals surface area contributed by atoms with Crippen LogP contribution in [-0.2, 0) is 10.0 Å². The number of hydrogen-bond acceptors (Lipinski definition) is 3. The molecule has 0 aliphatic rings. The molecular formula is C12H20N2O2S. The molecule has 0 saturated carbocycles. The zero-order chi connectivity index (χ0) is 13.1. The van der Waals surface area contributed by atoms with Gasteiger partial charge in [0.05, 0.1) is 4.90 Å². The van der Waals surface area contributed by atoms with Gasteiger partial charge >= 0.3 is 0 Å². The van der Waals surface area contributed by atoms with Crippen LogP contribution in [0.4, 0.5) is 0 Å². The fraction of sp³-hybridized carbons (Fsp3) is 0.500. The Morgan fingerprint density at radius 1 is 1.29 bits per heavy atom. The van der Waals surface area contributed by atoms with Crippen LogP contribution in [0.2, 0.25) is 0 Å². The molecule has 0 radical (unpaired) electrons. The van der Waals surface area contributed by atoms with Crippen molar-refractivity contribution in [3.05, 3.63) is 29.8 Å². The summed E-state index contributed by atoms with van der Waals surface area (Å²) >= 11 is 0. The molecule has 2 N–H and O–H groups in total. The Morgan fingerprint density at radius 2 is 1.88 bits per heavy atom. The molecule has 0 bridgehead atoms. The molecule has 4 nitrogen and oxygen atoms in total. The van der Waals surface area contributed by atoms with Crippen LogP contribution in [0.5, 0.6) is 0 Å². The van der Waals surface area contributed by atoms with Gasteiger partial charge in [0, 0.05) is 19.1 Å². The summed E-state index contributed by atoms with van der Waals surface area (Å²) < 4.78 is 25.9. The van der Waals surface area contributed by atoms with Crippen LogP contribution in [0, 0.1) is 0 Å². The third-order valence-corrected chi connectivity index (χ3v) is 4.77. The lowest BCUT2D eigenvalue weighted by molar-refractivity contribution is 0.445. The van der Waals surface area contributed by atoms with E-state index in [9.17, 15) is 8.42 Å². The maximum atomic E-state index is 12.3. The van der Waals surface area contributed by atoms with Crippen molar-refractivity contribution in [2.24, 2.45) is 5.73 Å². The van der Waals surface area contributed by atoms with E-state index in [1.165, 1.54) is 4.31 Å². The highest BCUT2D eigenvalue weighted by molar-refractivity contribution is 7.89. The van der Waals surface area contributed by atoms with E-state index in [0.717, 1.165) is 5.56 Å². The Balaban J connectivity index is 3.19. The van der Waals surface area contributed by atoms with Crippen molar-refractivity contribution < 1.29 is 8.42 Å². The number of nitrogens with two attached hydrogens (primary N) is 1. The smallest absolute Gasteiger partial charge is 0.243 e. The Morgan fingerprint density at radius 3 is 2.35 bits per heavy atom. The van der Waals surface area contributed by atoms with E-state index in [2.05, 4.69) is 0 Å². The standard InChI is InChI=1S/C12H20N2O2S/c1-4-14(5-2)17(15,16)12-8-6-7-11(9-12)10(3)13/h6-10H,4-5,13H2,1-3H3/t10-/m1/s1. The fourth-order valence-corrected chi connectivity index (χ4v) is 3.18. The van der Waals surface area contributed by atoms with Crippen molar-refractivity contribution in [2.45, 2.75) is 31.7 Å². The monoisotopic (exact) mass is 256 g/mol. The van der Waals surface area contributed by atoms with Gasteiger partial charge in [0.1, 0.15) is 0 Å². The molecule has 17 heavy (non-hydrogen) atoms. The Hall–Kier alpha value is -0.910. The molecule has 0 aromatic heterocycles. The first-order valence-electron chi connectivity index (χ1n) is 5.79. The average Bonchev–Trinajstić information content (AvgIpc) is 2.30. The first kappa shape index (κ1) is 14.2. The summed E-state index contributed by atoms with van der Waals surface area (Å²) in [6.07, 6.45) is 0. The van der Waals surface area contributed by atoms with Gasteiger partial charge in [-0.1, -0.05) is 26.0 Å². The molecule has 0 heterocycles. The Bertz CT molecular complexity index is 465. The lowest BCUT2D eigenvalue weighted by Crippen LogP contribution is -2.30. The van der Waals surface area contributed by atoms with Gasteiger partial charge in [-0.15, -0.1) is 0 Å². The number of rotatable bonds is 5. The molecule has 0 amide bonds. The minimum Gasteiger partial charge on any atom is -0.324 e. The van der Waals surface area contributed by atoms with Gasteiger partial charge in [-0.05, 0) is 24.6 Å². The second kappa shape index (κ2) is 5.62. The van der Waals surface area contributed by atoms with Crippen molar-refractivity contribution >= 4 is 10.0 Å². The highest BCUT2D eigenvalue weighted by Crippen LogP contribution is 2.19. The summed E-state index contributed by atoms with van der Waals surface area (Å²) in [5, 5.41) is 0. The molecular weight excluding hydrogens is 236 g/mol. The lowest BCUT2D eigenvalue weighted by atomic mass is 10.1. The van der Waals surface area contributed by atoms with Gasteiger partial charge in [-0.3, -0.25) is 0 Å². The third-order valence-electron chi connectivity index (χ3n) is 2.73. The Kier molecular flexibility index (Phi) is 4.68. The zero-order valence-electron chi connectivity index (χ0n) is 10.6. The molecule has 0 spiro atoms. The highest BCUT2D eigenvalue weighted by Gasteiger charge is 2.21. The minimum absolute atomic E-state index is 0.165. The first-order chi connectivity index (χ1) is 7.93. The highest BCUT2D eigenvalue weighted by atomic mass is 32.2. The van der Waals surface area contributed by atoms with Gasteiger partial charge < -0.3 is 5.73 Å². The SMILES string of the molecule is CCN(CC)S(=O)(=O)c1cccc([C@@H](C)N)c1. The van der Waals surface area contributed by atoms with E-state index in [1.54, 1.807) is 18.2 Å². The molecule has 0 aliphatic heterocycles. The van der Waals surface area contributed by atoms with Crippen molar-refractivity contribution in [3.8, 4) is 0 Å². The topological polar surface area (TPSA) is 63.4 Å². The maximum absolute atomic E-state index is 12.3. The van der Waals surface area contributed by atoms with Crippen LogP contribution in [0.3, 0.4) is 0 Å². The summed E-state index contributed by atoms with van der Waals surface area (Å²) in [6.45, 7) is 6.44. The van der Waals surface area contributed by atoms with Crippen LogP contribution in [0.15, 0.2) is 29.2 Å². The largest absolute Gasteiger partial charge is 0.324 e. The van der Waals surface area contributed by atoms with Crippen LogP contribution in [-0.4, -0.2) is 25.8 Å². The van der Waals surface area contributed by atoms with Crippen LogP contribution >= 0.6 is 0 Å². The molecule has 1 aromatic rings. The summed E-state index contributed by atoms with van der Waals surface area (Å²) in [5.74, 6) is 0. The second-order valence-corrected chi connectivity index (χ2v) is 5.89. The van der Waals surface area contributed by atoms with E-state index >= 15 is 0 Å². The van der Waals surface area contributed by atoms with Gasteiger partial charge in [-0.2, -0.15) is 4.31 Å². The van der Waals surface area contributed by atoms with Crippen molar-refractivity contribution in [3.63, 3.8) is 0 Å². The van der Waals surface area contributed by atoms with E-state index in [1.807, 2.05) is 26.8 Å². The van der Waals surface area contributed by atoms with Gasteiger partial charge in [0.25, 0.3) is 0 Å². The van der Waals surface area contributed by atoms with E-state index in [4.69, 9.17) is 5.73 Å². The van der Waals surface area contributed by atoms with Crippen molar-refractivity contribution in [2.75, 3.05) is 13.1 Å². The van der Waals surface area contributed by atoms with Gasteiger partial charge in [-0.25, -0.2) is 8.42 Å². The molecule has 0 fully saturated rings. The molecule has 1 rings (SSSR count). The quantitative estimate of drug-likeness (QED) is 0.872. The van der Waals surface area contributed by atoms with Gasteiger partial charge in [0.15, 0.2) is 0 Å². The molecule has 0 unspecified atom stereocenters. The van der Waals surface area contributed by atoms with Crippen LogP contribution in [0.1, 0.15) is 32.4 Å². The summed E-state index contributed by atoms with van der Waals surface area (Å²) in [6, 6.07) is 6.67. The predicted octanol–water partition coefficient (Wildman–Crippen LogP) is 1.74. The molecule has 5 heteroatoms.